The van der Waals surface area contributed by atoms with Crippen molar-refractivity contribution in [1.29, 1.82) is 0 Å². The molecule has 4 heteroatoms. The highest BCUT2D eigenvalue weighted by molar-refractivity contribution is 5.91. The van der Waals surface area contributed by atoms with E-state index in [1.165, 1.54) is 0 Å². The fourth-order valence-electron chi connectivity index (χ4n) is 3.19. The second kappa shape index (κ2) is 10.6. The predicted octanol–water partition coefficient (Wildman–Crippen LogP) is 5.01. The fraction of sp³-hybridized carbons (Fsp3) is 0.391. The molecule has 0 aliphatic carbocycles. The molecule has 0 bridgehead atoms. The number of esters is 1. The summed E-state index contributed by atoms with van der Waals surface area (Å²) < 4.78 is 11.5. The topological polar surface area (TPSA) is 52.6 Å². The van der Waals surface area contributed by atoms with Crippen LogP contribution in [-0.4, -0.2) is 25.5 Å². The summed E-state index contributed by atoms with van der Waals surface area (Å²) in [5, 5.41) is 0. The molecule has 0 heterocycles. The van der Waals surface area contributed by atoms with Gasteiger partial charge in [-0.05, 0) is 51.3 Å². The van der Waals surface area contributed by atoms with Crippen molar-refractivity contribution < 1.29 is 19.1 Å². The molecule has 0 fully saturated rings. The standard InChI is InChI=1S/C23H28O4/c1-4-26-16-20(12-8-9-13-24)21-15-17(2)14-18(3)22(21)27-23(25)19-10-6-5-7-11-19/h5-7,10-11,13-15,20H,4,8-9,12,16H2,1-3H3. The minimum absolute atomic E-state index is 0.0714. The molecule has 1 unspecified atom stereocenters. The number of unbranched alkanes of at least 4 members (excludes halogenated alkanes) is 1. The van der Waals surface area contributed by atoms with Crippen molar-refractivity contribution in [3.8, 4) is 5.75 Å². The quantitative estimate of drug-likeness (QED) is 0.256. The second-order valence-electron chi connectivity index (χ2n) is 6.71. The lowest BCUT2D eigenvalue weighted by molar-refractivity contribution is -0.108. The van der Waals surface area contributed by atoms with Gasteiger partial charge in [0.1, 0.15) is 12.0 Å². The molecule has 0 aliphatic heterocycles. The molecule has 0 saturated heterocycles. The highest BCUT2D eigenvalue weighted by Crippen LogP contribution is 2.35. The van der Waals surface area contributed by atoms with E-state index < -0.39 is 0 Å². The van der Waals surface area contributed by atoms with Gasteiger partial charge in [-0.1, -0.05) is 35.9 Å². The minimum Gasteiger partial charge on any atom is -0.422 e. The van der Waals surface area contributed by atoms with Gasteiger partial charge in [0.15, 0.2) is 0 Å². The molecular weight excluding hydrogens is 340 g/mol. The number of carbonyl (C=O) groups is 2. The lowest BCUT2D eigenvalue weighted by atomic mass is 9.90. The number of hydrogen-bond acceptors (Lipinski definition) is 4. The number of hydrogen-bond donors (Lipinski definition) is 0. The van der Waals surface area contributed by atoms with Crippen molar-refractivity contribution in [3.63, 3.8) is 0 Å². The largest absolute Gasteiger partial charge is 0.422 e. The molecule has 0 saturated carbocycles. The average Bonchev–Trinajstić information content (AvgIpc) is 2.67. The van der Waals surface area contributed by atoms with Gasteiger partial charge < -0.3 is 14.3 Å². The molecule has 0 amide bonds. The molecule has 0 aliphatic rings. The Bertz CT molecular complexity index is 752. The zero-order valence-electron chi connectivity index (χ0n) is 16.4. The number of carbonyl (C=O) groups excluding carboxylic acids is 2. The Labute approximate surface area is 161 Å². The van der Waals surface area contributed by atoms with Crippen LogP contribution in [0.2, 0.25) is 0 Å². The van der Waals surface area contributed by atoms with Crippen LogP contribution < -0.4 is 4.74 Å². The van der Waals surface area contributed by atoms with Crippen molar-refractivity contribution in [2.75, 3.05) is 13.2 Å². The first-order valence-corrected chi connectivity index (χ1v) is 9.46. The summed E-state index contributed by atoms with van der Waals surface area (Å²) in [7, 11) is 0. The maximum atomic E-state index is 12.6. The van der Waals surface area contributed by atoms with Gasteiger partial charge in [-0.2, -0.15) is 0 Å². The van der Waals surface area contributed by atoms with Crippen molar-refractivity contribution in [2.24, 2.45) is 0 Å². The number of aldehydes is 1. The fourth-order valence-corrected chi connectivity index (χ4v) is 3.19. The molecule has 0 radical (unpaired) electrons. The van der Waals surface area contributed by atoms with Gasteiger partial charge >= 0.3 is 5.97 Å². The summed E-state index contributed by atoms with van der Waals surface area (Å²) in [5.74, 6) is 0.305. The number of rotatable bonds is 10. The first-order chi connectivity index (χ1) is 13.1. The summed E-state index contributed by atoms with van der Waals surface area (Å²) in [5.41, 5.74) is 3.52. The van der Waals surface area contributed by atoms with Crippen LogP contribution in [0.4, 0.5) is 0 Å². The molecule has 4 nitrogen and oxygen atoms in total. The molecule has 144 valence electrons. The second-order valence-corrected chi connectivity index (χ2v) is 6.71. The summed E-state index contributed by atoms with van der Waals surface area (Å²) >= 11 is 0. The minimum atomic E-state index is -0.369. The third-order valence-corrected chi connectivity index (χ3v) is 4.49. The Morgan fingerprint density at radius 3 is 2.56 bits per heavy atom. The van der Waals surface area contributed by atoms with Crippen LogP contribution in [0.25, 0.3) is 0 Å². The van der Waals surface area contributed by atoms with E-state index in [-0.39, 0.29) is 11.9 Å². The van der Waals surface area contributed by atoms with Crippen LogP contribution in [0, 0.1) is 13.8 Å². The van der Waals surface area contributed by atoms with E-state index in [4.69, 9.17) is 9.47 Å². The van der Waals surface area contributed by atoms with Gasteiger partial charge in [0, 0.05) is 24.5 Å². The molecule has 0 N–H and O–H groups in total. The molecule has 27 heavy (non-hydrogen) atoms. The van der Waals surface area contributed by atoms with Crippen LogP contribution in [0.3, 0.4) is 0 Å². The Morgan fingerprint density at radius 1 is 1.15 bits per heavy atom. The normalized spacial score (nSPS) is 11.8. The van der Waals surface area contributed by atoms with Crippen LogP contribution in [0.1, 0.15) is 59.2 Å². The first-order valence-electron chi connectivity index (χ1n) is 9.46. The molecular formula is C23H28O4. The number of ether oxygens (including phenoxy) is 2. The van der Waals surface area contributed by atoms with Crippen LogP contribution in [-0.2, 0) is 9.53 Å². The molecule has 2 rings (SSSR count). The zero-order chi connectivity index (χ0) is 19.6. The number of benzene rings is 2. The van der Waals surface area contributed by atoms with Gasteiger partial charge in [0.25, 0.3) is 0 Å². The van der Waals surface area contributed by atoms with Gasteiger partial charge in [0.2, 0.25) is 0 Å². The van der Waals surface area contributed by atoms with E-state index >= 15 is 0 Å². The highest BCUT2D eigenvalue weighted by Gasteiger charge is 2.21. The highest BCUT2D eigenvalue weighted by atomic mass is 16.5. The Hall–Kier alpha value is -2.46. The van der Waals surface area contributed by atoms with Gasteiger partial charge in [-0.15, -0.1) is 0 Å². The van der Waals surface area contributed by atoms with Crippen molar-refractivity contribution >= 4 is 12.3 Å². The maximum absolute atomic E-state index is 12.6. The third kappa shape index (κ3) is 6.04. The summed E-state index contributed by atoms with van der Waals surface area (Å²) in [4.78, 5) is 23.3. The van der Waals surface area contributed by atoms with Crippen LogP contribution >= 0.6 is 0 Å². The SMILES string of the molecule is CCOCC(CCCC=O)c1cc(C)cc(C)c1OC(=O)c1ccccc1. The summed E-state index contributed by atoms with van der Waals surface area (Å²) in [6.07, 6.45) is 3.04. The van der Waals surface area contributed by atoms with E-state index in [9.17, 15) is 9.59 Å². The Kier molecular flexibility index (Phi) is 8.21. The van der Waals surface area contributed by atoms with Gasteiger partial charge in [-0.25, -0.2) is 4.79 Å². The Morgan fingerprint density at radius 2 is 1.89 bits per heavy atom. The van der Waals surface area contributed by atoms with Crippen molar-refractivity contribution in [2.45, 2.75) is 46.0 Å². The lowest BCUT2D eigenvalue weighted by Crippen LogP contribution is -2.15. The van der Waals surface area contributed by atoms with E-state index in [1.54, 1.807) is 12.1 Å². The first kappa shape index (κ1) is 20.8. The molecule has 2 aromatic carbocycles. The van der Waals surface area contributed by atoms with Crippen LogP contribution in [0.15, 0.2) is 42.5 Å². The van der Waals surface area contributed by atoms with Crippen molar-refractivity contribution in [3.05, 3.63) is 64.7 Å². The zero-order valence-corrected chi connectivity index (χ0v) is 16.4. The van der Waals surface area contributed by atoms with Gasteiger partial charge in [-0.3, -0.25) is 0 Å². The molecule has 2 aromatic rings. The summed E-state index contributed by atoms with van der Waals surface area (Å²) in [6, 6.07) is 13.1. The van der Waals surface area contributed by atoms with E-state index in [0.717, 1.165) is 35.8 Å². The monoisotopic (exact) mass is 368 g/mol. The molecule has 0 spiro atoms. The van der Waals surface area contributed by atoms with Crippen molar-refractivity contribution in [1.82, 2.24) is 0 Å². The van der Waals surface area contributed by atoms with Gasteiger partial charge in [0.05, 0.1) is 12.2 Å². The third-order valence-electron chi connectivity index (χ3n) is 4.49. The lowest BCUT2D eigenvalue weighted by Gasteiger charge is -2.22. The predicted molar refractivity (Wildman–Crippen MR) is 106 cm³/mol. The number of aryl methyl sites for hydroxylation is 2. The summed E-state index contributed by atoms with van der Waals surface area (Å²) in [6.45, 7) is 7.10. The maximum Gasteiger partial charge on any atom is 0.343 e. The molecule has 0 aromatic heterocycles. The van der Waals surface area contributed by atoms with E-state index in [1.807, 2.05) is 45.0 Å². The Balaban J connectivity index is 2.34. The average molecular weight is 368 g/mol. The molecule has 1 atom stereocenters. The smallest absolute Gasteiger partial charge is 0.343 e. The van der Waals surface area contributed by atoms with Crippen LogP contribution in [0.5, 0.6) is 5.75 Å². The van der Waals surface area contributed by atoms with E-state index in [2.05, 4.69) is 6.07 Å². The van der Waals surface area contributed by atoms with E-state index in [0.29, 0.717) is 30.9 Å².